The molecule has 0 spiro atoms. The quantitative estimate of drug-likeness (QED) is 0.708. The van der Waals surface area contributed by atoms with Gasteiger partial charge < -0.3 is 4.74 Å². The Labute approximate surface area is 101 Å². The molecule has 0 radical (unpaired) electrons. The van der Waals surface area contributed by atoms with E-state index in [1.165, 1.54) is 0 Å². The molecule has 1 rings (SSSR count). The molecule has 0 saturated heterocycles. The summed E-state index contributed by atoms with van der Waals surface area (Å²) in [5, 5.41) is 0.654. The molecule has 1 aromatic carbocycles. The summed E-state index contributed by atoms with van der Waals surface area (Å²) in [5.41, 5.74) is 1.01. The molecule has 0 aliphatic heterocycles. The van der Waals surface area contributed by atoms with E-state index in [-0.39, 0.29) is 12.4 Å². The lowest BCUT2D eigenvalue weighted by Gasteiger charge is -2.05. The predicted molar refractivity (Wildman–Crippen MR) is 66.0 cm³/mol. The van der Waals surface area contributed by atoms with Crippen LogP contribution >= 0.6 is 11.6 Å². The lowest BCUT2D eigenvalue weighted by atomic mass is 10.1. The highest BCUT2D eigenvalue weighted by Gasteiger charge is 2.03. The largest absolute Gasteiger partial charge is 0.486 e. The maximum Gasteiger partial charge on any atom is 0.170 e. The number of ether oxygens (including phenoxy) is 1. The number of hydrogen-bond donors (Lipinski definition) is 0. The van der Waals surface area contributed by atoms with Crippen LogP contribution in [0.3, 0.4) is 0 Å². The summed E-state index contributed by atoms with van der Waals surface area (Å²) in [6, 6.07) is 6.95. The number of halogens is 1. The Morgan fingerprint density at radius 1 is 1.31 bits per heavy atom. The van der Waals surface area contributed by atoms with Crippen LogP contribution in [-0.4, -0.2) is 12.4 Å². The van der Waals surface area contributed by atoms with Crippen molar-refractivity contribution in [1.82, 2.24) is 0 Å². The van der Waals surface area contributed by atoms with Gasteiger partial charge in [0, 0.05) is 11.4 Å². The van der Waals surface area contributed by atoms with Crippen LogP contribution in [0.5, 0.6) is 5.75 Å². The van der Waals surface area contributed by atoms with Gasteiger partial charge in [0.2, 0.25) is 0 Å². The monoisotopic (exact) mass is 238 g/mol. The molecule has 2 nitrogen and oxygen atoms in total. The van der Waals surface area contributed by atoms with Crippen molar-refractivity contribution in [2.24, 2.45) is 0 Å². The molecule has 86 valence electrons. The average Bonchev–Trinajstić information content (AvgIpc) is 2.25. The van der Waals surface area contributed by atoms with Gasteiger partial charge in [0.05, 0.1) is 0 Å². The van der Waals surface area contributed by atoms with E-state index < -0.39 is 0 Å². The van der Waals surface area contributed by atoms with Crippen LogP contribution in [0.1, 0.15) is 19.8 Å². The summed E-state index contributed by atoms with van der Waals surface area (Å²) in [6.45, 7) is 5.76. The van der Waals surface area contributed by atoms with Gasteiger partial charge >= 0.3 is 0 Å². The minimum atomic E-state index is 0.0814. The third kappa shape index (κ3) is 4.99. The van der Waals surface area contributed by atoms with Gasteiger partial charge in [0.15, 0.2) is 5.78 Å². The fraction of sp³-hybridized carbons (Fsp3) is 0.308. The Kier molecular flexibility index (Phi) is 5.06. The summed E-state index contributed by atoms with van der Waals surface area (Å²) in [5.74, 6) is 0.742. The highest BCUT2D eigenvalue weighted by molar-refractivity contribution is 6.30. The average molecular weight is 239 g/mol. The normalized spacial score (nSPS) is 9.88. The smallest absolute Gasteiger partial charge is 0.170 e. The van der Waals surface area contributed by atoms with Crippen molar-refractivity contribution >= 4 is 17.4 Å². The lowest BCUT2D eigenvalue weighted by molar-refractivity contribution is -0.121. The third-order valence-electron chi connectivity index (χ3n) is 2.04. The number of rotatable bonds is 6. The van der Waals surface area contributed by atoms with E-state index in [2.05, 4.69) is 6.58 Å². The highest BCUT2D eigenvalue weighted by Crippen LogP contribution is 2.15. The van der Waals surface area contributed by atoms with Gasteiger partial charge in [-0.3, -0.25) is 4.79 Å². The Bertz CT molecular complexity index is 368. The van der Waals surface area contributed by atoms with Crippen molar-refractivity contribution in [2.45, 2.75) is 19.8 Å². The van der Waals surface area contributed by atoms with Crippen molar-refractivity contribution in [3.8, 4) is 5.75 Å². The van der Waals surface area contributed by atoms with Crippen molar-refractivity contribution < 1.29 is 9.53 Å². The minimum absolute atomic E-state index is 0.0814. The molecule has 0 atom stereocenters. The van der Waals surface area contributed by atoms with E-state index in [9.17, 15) is 4.79 Å². The molecule has 0 fully saturated rings. The van der Waals surface area contributed by atoms with Crippen LogP contribution in [-0.2, 0) is 4.79 Å². The second-order valence-corrected chi connectivity index (χ2v) is 4.17. The summed E-state index contributed by atoms with van der Waals surface area (Å²) >= 11 is 5.73. The summed E-state index contributed by atoms with van der Waals surface area (Å²) in [4.78, 5) is 11.4. The van der Waals surface area contributed by atoms with Gasteiger partial charge in [-0.05, 0) is 37.6 Å². The van der Waals surface area contributed by atoms with E-state index >= 15 is 0 Å². The molecule has 3 heteroatoms. The zero-order valence-electron chi connectivity index (χ0n) is 9.33. The second kappa shape index (κ2) is 6.33. The van der Waals surface area contributed by atoms with Crippen LogP contribution < -0.4 is 4.74 Å². The fourth-order valence-corrected chi connectivity index (χ4v) is 1.25. The molecule has 0 heterocycles. The number of Topliss-reactive ketones (excluding diaryl/α,β-unsaturated/α-hetero) is 1. The summed E-state index contributed by atoms with van der Waals surface area (Å²) in [7, 11) is 0. The molecule has 0 bridgehead atoms. The molecular weight excluding hydrogens is 224 g/mol. The molecule has 0 amide bonds. The first-order valence-corrected chi connectivity index (χ1v) is 5.50. The molecular formula is C13H15ClO2. The zero-order valence-corrected chi connectivity index (χ0v) is 10.1. The number of benzene rings is 1. The molecule has 0 N–H and O–H groups in total. The zero-order chi connectivity index (χ0) is 12.0. The maximum absolute atomic E-state index is 11.4. The van der Waals surface area contributed by atoms with E-state index in [4.69, 9.17) is 16.3 Å². The van der Waals surface area contributed by atoms with Crippen molar-refractivity contribution in [3.63, 3.8) is 0 Å². The molecule has 0 aliphatic carbocycles. The molecule has 0 saturated carbocycles. The van der Waals surface area contributed by atoms with Crippen LogP contribution in [0.15, 0.2) is 36.4 Å². The first-order valence-electron chi connectivity index (χ1n) is 5.12. The number of ketones is 1. The first kappa shape index (κ1) is 12.8. The molecule has 0 aliphatic rings. The Balaban J connectivity index is 2.31. The van der Waals surface area contributed by atoms with E-state index in [1.54, 1.807) is 24.3 Å². The fourth-order valence-electron chi connectivity index (χ4n) is 1.12. The van der Waals surface area contributed by atoms with Gasteiger partial charge in [-0.15, -0.1) is 6.58 Å². The molecule has 0 aromatic heterocycles. The second-order valence-electron chi connectivity index (χ2n) is 3.74. The Morgan fingerprint density at radius 2 is 1.94 bits per heavy atom. The number of carbonyl (C=O) groups excluding carboxylic acids is 1. The number of allylic oxidation sites excluding steroid dienone is 1. The van der Waals surface area contributed by atoms with Gasteiger partial charge in [-0.25, -0.2) is 0 Å². The Hall–Kier alpha value is -1.28. The molecule has 0 unspecified atom stereocenters. The van der Waals surface area contributed by atoms with Gasteiger partial charge in [0.1, 0.15) is 12.4 Å². The lowest BCUT2D eigenvalue weighted by Crippen LogP contribution is -2.10. The molecule has 16 heavy (non-hydrogen) atoms. The van der Waals surface area contributed by atoms with Gasteiger partial charge in [-0.1, -0.05) is 17.2 Å². The van der Waals surface area contributed by atoms with Crippen LogP contribution in [0.25, 0.3) is 0 Å². The van der Waals surface area contributed by atoms with Crippen LogP contribution in [0, 0.1) is 0 Å². The SMILES string of the molecule is C=C(C)CCC(=O)COc1ccc(Cl)cc1. The number of hydrogen-bond acceptors (Lipinski definition) is 2. The molecule has 1 aromatic rings. The van der Waals surface area contributed by atoms with Crippen molar-refractivity contribution in [1.29, 1.82) is 0 Å². The highest BCUT2D eigenvalue weighted by atomic mass is 35.5. The van der Waals surface area contributed by atoms with Crippen LogP contribution in [0.2, 0.25) is 5.02 Å². The standard InChI is InChI=1S/C13H15ClO2/c1-10(2)3-6-12(15)9-16-13-7-4-11(14)5-8-13/h4-5,7-8H,1,3,6,9H2,2H3. The van der Waals surface area contributed by atoms with E-state index in [0.29, 0.717) is 17.2 Å². The summed E-state index contributed by atoms with van der Waals surface area (Å²) < 4.78 is 5.32. The van der Waals surface area contributed by atoms with Gasteiger partial charge in [0.25, 0.3) is 0 Å². The predicted octanol–water partition coefficient (Wildman–Crippen LogP) is 3.64. The van der Waals surface area contributed by atoms with Crippen molar-refractivity contribution in [3.05, 3.63) is 41.4 Å². The Morgan fingerprint density at radius 3 is 2.50 bits per heavy atom. The van der Waals surface area contributed by atoms with E-state index in [0.717, 1.165) is 12.0 Å². The topological polar surface area (TPSA) is 26.3 Å². The van der Waals surface area contributed by atoms with E-state index in [1.807, 2.05) is 6.92 Å². The minimum Gasteiger partial charge on any atom is -0.486 e. The first-order chi connectivity index (χ1) is 7.58. The van der Waals surface area contributed by atoms with Crippen LogP contribution in [0.4, 0.5) is 0 Å². The summed E-state index contributed by atoms with van der Waals surface area (Å²) in [6.07, 6.45) is 1.21. The van der Waals surface area contributed by atoms with Crippen molar-refractivity contribution in [2.75, 3.05) is 6.61 Å². The third-order valence-corrected chi connectivity index (χ3v) is 2.30. The maximum atomic E-state index is 11.4. The number of carbonyl (C=O) groups is 1. The van der Waals surface area contributed by atoms with Gasteiger partial charge in [-0.2, -0.15) is 0 Å².